The summed E-state index contributed by atoms with van der Waals surface area (Å²) in [7, 11) is 0.0772. The Morgan fingerprint density at radius 3 is 1.21 bits per heavy atom. The summed E-state index contributed by atoms with van der Waals surface area (Å²) in [6.07, 6.45) is 10.0. The van der Waals surface area contributed by atoms with Gasteiger partial charge in [0.2, 0.25) is 0 Å². The minimum absolute atomic E-state index is 0. The van der Waals surface area contributed by atoms with Gasteiger partial charge in [0.25, 0.3) is 0 Å². The van der Waals surface area contributed by atoms with Crippen molar-refractivity contribution in [1.29, 1.82) is 0 Å². The van der Waals surface area contributed by atoms with Crippen LogP contribution in [-0.2, 0) is 17.4 Å². The number of hydrogen-bond acceptors (Lipinski definition) is 0. The zero-order valence-electron chi connectivity index (χ0n) is 18.1. The maximum atomic E-state index is 2.99. The number of allylic oxidation sites excluding steroid dienone is 4. The van der Waals surface area contributed by atoms with Gasteiger partial charge in [-0.3, -0.25) is 6.08 Å². The van der Waals surface area contributed by atoms with Crippen molar-refractivity contribution in [3.05, 3.63) is 54.0 Å². The predicted molar refractivity (Wildman–Crippen MR) is 126 cm³/mol. The summed E-state index contributed by atoms with van der Waals surface area (Å²) in [5, 5.41) is 1.07. The maximum absolute atomic E-state index is 2.99. The molecule has 0 saturated carbocycles. The van der Waals surface area contributed by atoms with E-state index in [9.17, 15) is 0 Å². The van der Waals surface area contributed by atoms with Gasteiger partial charge in [0.1, 0.15) is 0 Å². The molecule has 0 saturated heterocycles. The molecule has 0 aliphatic heterocycles. The molecule has 0 nitrogen and oxygen atoms in total. The van der Waals surface area contributed by atoms with Gasteiger partial charge >= 0.3 is 17.4 Å². The zero-order chi connectivity index (χ0) is 13.7. The Morgan fingerprint density at radius 2 is 1.17 bits per heavy atom. The summed E-state index contributed by atoms with van der Waals surface area (Å²) in [6.45, 7) is 19.4. The first-order valence-electron chi connectivity index (χ1n) is 6.39. The van der Waals surface area contributed by atoms with E-state index in [4.69, 9.17) is 0 Å². The van der Waals surface area contributed by atoms with Crippen molar-refractivity contribution in [3.8, 4) is 0 Å². The Morgan fingerprint density at radius 1 is 0.833 bits per heavy atom. The van der Waals surface area contributed by atoms with Crippen molar-refractivity contribution < 1.29 is 17.4 Å². The smallest absolute Gasteiger partial charge is 0.358 e. The third-order valence-corrected chi connectivity index (χ3v) is 12.7. The van der Waals surface area contributed by atoms with Crippen LogP contribution in [-0.4, -0.2) is 18.8 Å². The van der Waals surface area contributed by atoms with Crippen molar-refractivity contribution in [2.45, 2.75) is 71.4 Å². The summed E-state index contributed by atoms with van der Waals surface area (Å²) in [6, 6.07) is 0. The van der Waals surface area contributed by atoms with Gasteiger partial charge < -0.3 is 29.7 Å². The van der Waals surface area contributed by atoms with Gasteiger partial charge in [-0.1, -0.05) is 54.6 Å². The summed E-state index contributed by atoms with van der Waals surface area (Å²) in [4.78, 5) is 0. The van der Waals surface area contributed by atoms with Crippen molar-refractivity contribution in [2.75, 3.05) is 0 Å². The third-order valence-electron chi connectivity index (χ3n) is 2.37. The van der Waals surface area contributed by atoms with E-state index in [0.717, 1.165) is 6.42 Å². The Labute approximate surface area is 182 Å². The molecule has 0 fully saturated rings. The van der Waals surface area contributed by atoms with Crippen LogP contribution in [0.25, 0.3) is 0 Å². The average molecular weight is 454 g/mol. The third kappa shape index (κ3) is 23.2. The standard InChI is InChI=1S/C10H24PSi.C5H5.4CH3.2ClH.Cr/c1-9(2,3)11(12(7)8)10(4,5)6;1-2-4-5-3-1;;;;;;;/h1-8H3;1-3H,4H2;4*1H3;2*1H;/q;5*-1;;;+5. The molecule has 24 heavy (non-hydrogen) atoms. The summed E-state index contributed by atoms with van der Waals surface area (Å²) >= 11 is 0. The van der Waals surface area contributed by atoms with E-state index in [0.29, 0.717) is 10.3 Å². The molecule has 0 atom stereocenters. The second kappa shape index (κ2) is 22.3. The molecule has 0 spiro atoms. The summed E-state index contributed by atoms with van der Waals surface area (Å²) in [5.74, 6) is 0. The fraction of sp³-hybridized carbons (Fsp3) is 0.579. The molecule has 0 N–H and O–H groups in total. The molecule has 148 valence electrons. The minimum Gasteiger partial charge on any atom is -0.358 e. The van der Waals surface area contributed by atoms with Crippen molar-refractivity contribution >= 4 is 40.7 Å². The maximum Gasteiger partial charge on any atom is 5.00 e. The second-order valence-corrected chi connectivity index (χ2v) is 15.9. The second-order valence-electron chi connectivity index (χ2n) is 6.63. The average Bonchev–Trinajstić information content (AvgIpc) is 2.50. The van der Waals surface area contributed by atoms with Gasteiger partial charge in [-0.2, -0.15) is 6.08 Å². The van der Waals surface area contributed by atoms with Crippen molar-refractivity contribution in [2.24, 2.45) is 0 Å². The van der Waals surface area contributed by atoms with Crippen LogP contribution in [0, 0.1) is 35.8 Å². The van der Waals surface area contributed by atoms with E-state index in [2.05, 4.69) is 66.8 Å². The normalized spacial score (nSPS) is 10.9. The quantitative estimate of drug-likeness (QED) is 0.213. The SMILES string of the molecule is C[Si](C)P(C(C)(C)C)C(C)(C)C.Cl.Cl.[C-]1=CC=CC1.[CH3-].[CH3-].[CH3-].[CH3-].[Cr+5]. The molecule has 1 rings (SSSR count). The Kier molecular flexibility index (Phi) is 46.3. The molecular formula is C19H43Cl2CrPSi. The van der Waals surface area contributed by atoms with Crippen LogP contribution in [0.15, 0.2) is 18.2 Å². The monoisotopic (exact) mass is 452 g/mol. The van der Waals surface area contributed by atoms with Crippen LogP contribution in [0.1, 0.15) is 48.0 Å². The van der Waals surface area contributed by atoms with Gasteiger partial charge in [0, 0.05) is 0 Å². The van der Waals surface area contributed by atoms with Crippen LogP contribution in [0.3, 0.4) is 0 Å². The van der Waals surface area contributed by atoms with E-state index >= 15 is 0 Å². The molecule has 0 aromatic carbocycles. The molecule has 0 unspecified atom stereocenters. The number of hydrogen-bond donors (Lipinski definition) is 0. The predicted octanol–water partition coefficient (Wildman–Crippen LogP) is 8.26. The van der Waals surface area contributed by atoms with Crippen LogP contribution in [0.2, 0.25) is 13.1 Å². The van der Waals surface area contributed by atoms with E-state index in [1.807, 2.05) is 12.2 Å². The zero-order valence-corrected chi connectivity index (χ0v) is 22.9. The molecule has 5 heteroatoms. The summed E-state index contributed by atoms with van der Waals surface area (Å²) in [5.41, 5.74) is 0. The first-order chi connectivity index (χ1) is 7.57. The first-order valence-corrected chi connectivity index (χ1v) is 11.1. The number of halogens is 2. The van der Waals surface area contributed by atoms with Crippen molar-refractivity contribution in [1.82, 2.24) is 0 Å². The number of rotatable bonds is 1. The largest absolute Gasteiger partial charge is 5.00 e. The fourth-order valence-electron chi connectivity index (χ4n) is 2.69. The van der Waals surface area contributed by atoms with Gasteiger partial charge in [-0.15, -0.1) is 38.7 Å². The molecule has 0 bridgehead atoms. The van der Waals surface area contributed by atoms with Crippen LogP contribution in [0.5, 0.6) is 0 Å². The molecule has 1 aliphatic rings. The van der Waals surface area contributed by atoms with E-state index in [-0.39, 0.29) is 87.8 Å². The Balaban J connectivity index is -0.0000000315. The summed E-state index contributed by atoms with van der Waals surface area (Å²) < 4.78 is 0. The molecule has 1 aliphatic carbocycles. The topological polar surface area (TPSA) is 0 Å². The Bertz CT molecular complexity index is 256. The van der Waals surface area contributed by atoms with E-state index in [1.165, 1.54) is 0 Å². The Hall–Kier alpha value is 1.24. The molecular weight excluding hydrogens is 410 g/mol. The molecule has 0 aromatic heterocycles. The molecule has 2 radical (unpaired) electrons. The van der Waals surface area contributed by atoms with Crippen molar-refractivity contribution in [3.63, 3.8) is 0 Å². The van der Waals surface area contributed by atoms with Crippen LogP contribution >= 0.6 is 32.3 Å². The van der Waals surface area contributed by atoms with Gasteiger partial charge in [0.05, 0.1) is 8.46 Å². The molecule has 0 heterocycles. The van der Waals surface area contributed by atoms with E-state index < -0.39 is 0 Å². The van der Waals surface area contributed by atoms with Gasteiger partial charge in [-0.25, -0.2) is 12.2 Å². The van der Waals surface area contributed by atoms with Crippen LogP contribution < -0.4 is 0 Å². The van der Waals surface area contributed by atoms with Crippen LogP contribution in [0.4, 0.5) is 0 Å². The van der Waals surface area contributed by atoms with Gasteiger partial charge in [-0.05, 0) is 10.3 Å². The molecule has 0 aromatic rings. The molecule has 0 amide bonds. The minimum atomic E-state index is -0.123. The van der Waals surface area contributed by atoms with Gasteiger partial charge in [0.15, 0.2) is 0 Å². The van der Waals surface area contributed by atoms with E-state index in [1.54, 1.807) is 0 Å². The first kappa shape index (κ1) is 49.9. The fourth-order valence-corrected chi connectivity index (χ4v) is 15.4.